The Hall–Kier alpha value is -2.08. The smallest absolute Gasteiger partial charge is 0.175 e. The van der Waals surface area contributed by atoms with Crippen LogP contribution >= 0.6 is 35.4 Å². The molecule has 3 aromatic rings. The standard InChI is InChI=1S/C19H18Cl2N4S/c1-12-6-7-13(2)18(8-12)24-19(26)23-14-9-22-25(10-14)11-15-16(20)4-3-5-17(15)21/h3-10H,11H2,1-2H3,(H2,23,24,26). The molecule has 0 amide bonds. The molecule has 1 heterocycles. The van der Waals surface area contributed by atoms with Crippen LogP contribution in [0.25, 0.3) is 0 Å². The number of hydrogen-bond acceptors (Lipinski definition) is 2. The van der Waals surface area contributed by atoms with E-state index in [1.165, 1.54) is 5.56 Å². The minimum atomic E-state index is 0.483. The molecule has 0 fully saturated rings. The second kappa shape index (κ2) is 8.08. The van der Waals surface area contributed by atoms with Gasteiger partial charge in [-0.15, -0.1) is 0 Å². The molecule has 3 rings (SSSR count). The molecule has 0 radical (unpaired) electrons. The lowest BCUT2D eigenvalue weighted by atomic mass is 10.1. The highest BCUT2D eigenvalue weighted by atomic mass is 35.5. The Balaban J connectivity index is 1.66. The third kappa shape index (κ3) is 4.55. The molecule has 0 aliphatic carbocycles. The van der Waals surface area contributed by atoms with Gasteiger partial charge in [0.2, 0.25) is 0 Å². The highest BCUT2D eigenvalue weighted by molar-refractivity contribution is 7.80. The van der Waals surface area contributed by atoms with Crippen LogP contribution in [0.3, 0.4) is 0 Å². The molecular weight excluding hydrogens is 387 g/mol. The van der Waals surface area contributed by atoms with Gasteiger partial charge in [-0.25, -0.2) is 0 Å². The normalized spacial score (nSPS) is 10.6. The zero-order valence-electron chi connectivity index (χ0n) is 14.4. The van der Waals surface area contributed by atoms with Gasteiger partial charge in [0.05, 0.1) is 18.4 Å². The van der Waals surface area contributed by atoms with Gasteiger partial charge in [0.25, 0.3) is 0 Å². The monoisotopic (exact) mass is 404 g/mol. The Bertz CT molecular complexity index is 932. The summed E-state index contributed by atoms with van der Waals surface area (Å²) < 4.78 is 1.76. The van der Waals surface area contributed by atoms with E-state index >= 15 is 0 Å². The van der Waals surface area contributed by atoms with Crippen molar-refractivity contribution in [3.63, 3.8) is 0 Å². The second-order valence-corrected chi connectivity index (χ2v) is 7.25. The summed E-state index contributed by atoms with van der Waals surface area (Å²) in [6, 6.07) is 11.6. The summed E-state index contributed by atoms with van der Waals surface area (Å²) in [5.41, 5.74) is 4.91. The first-order chi connectivity index (χ1) is 12.4. The summed E-state index contributed by atoms with van der Waals surface area (Å²) in [5, 5.41) is 12.4. The number of aromatic nitrogens is 2. The van der Waals surface area contributed by atoms with Gasteiger partial charge in [0.15, 0.2) is 5.11 Å². The summed E-state index contributed by atoms with van der Waals surface area (Å²) in [7, 11) is 0. The molecule has 0 unspecified atom stereocenters. The maximum Gasteiger partial charge on any atom is 0.175 e. The molecule has 2 N–H and O–H groups in total. The summed E-state index contributed by atoms with van der Waals surface area (Å²) in [4.78, 5) is 0. The number of anilines is 2. The van der Waals surface area contributed by atoms with Crippen LogP contribution in [0.1, 0.15) is 16.7 Å². The number of thiocarbonyl (C=S) groups is 1. The van der Waals surface area contributed by atoms with Gasteiger partial charge >= 0.3 is 0 Å². The lowest BCUT2D eigenvalue weighted by molar-refractivity contribution is 0.687. The Morgan fingerprint density at radius 1 is 1.12 bits per heavy atom. The predicted octanol–water partition coefficient (Wildman–Crippen LogP) is 5.66. The average Bonchev–Trinajstić information content (AvgIpc) is 3.01. The fraction of sp³-hybridized carbons (Fsp3) is 0.158. The molecule has 0 bridgehead atoms. The highest BCUT2D eigenvalue weighted by Gasteiger charge is 2.08. The van der Waals surface area contributed by atoms with Crippen molar-refractivity contribution in [3.8, 4) is 0 Å². The van der Waals surface area contributed by atoms with Gasteiger partial charge in [-0.1, -0.05) is 41.4 Å². The number of nitrogens with zero attached hydrogens (tertiary/aromatic N) is 2. The van der Waals surface area contributed by atoms with Gasteiger partial charge in [-0.2, -0.15) is 5.10 Å². The molecule has 0 aliphatic rings. The van der Waals surface area contributed by atoms with E-state index < -0.39 is 0 Å². The molecule has 2 aromatic carbocycles. The zero-order valence-corrected chi connectivity index (χ0v) is 16.7. The largest absolute Gasteiger partial charge is 0.332 e. The summed E-state index contributed by atoms with van der Waals surface area (Å²) in [5.74, 6) is 0. The topological polar surface area (TPSA) is 41.9 Å². The van der Waals surface area contributed by atoms with Crippen molar-refractivity contribution in [2.75, 3.05) is 10.6 Å². The van der Waals surface area contributed by atoms with Crippen molar-refractivity contribution in [2.45, 2.75) is 20.4 Å². The van der Waals surface area contributed by atoms with Crippen molar-refractivity contribution < 1.29 is 0 Å². The minimum Gasteiger partial charge on any atom is -0.332 e. The fourth-order valence-corrected chi connectivity index (χ4v) is 3.26. The number of aryl methyl sites for hydroxylation is 2. The van der Waals surface area contributed by atoms with Gasteiger partial charge < -0.3 is 10.6 Å². The molecular formula is C19H18Cl2N4S. The van der Waals surface area contributed by atoms with E-state index in [2.05, 4.69) is 33.9 Å². The third-order valence-electron chi connectivity index (χ3n) is 3.91. The highest BCUT2D eigenvalue weighted by Crippen LogP contribution is 2.25. The number of rotatable bonds is 4. The van der Waals surface area contributed by atoms with E-state index in [0.29, 0.717) is 21.7 Å². The molecule has 4 nitrogen and oxygen atoms in total. The molecule has 0 spiro atoms. The van der Waals surface area contributed by atoms with Crippen molar-refractivity contribution in [1.29, 1.82) is 0 Å². The number of hydrogen-bond donors (Lipinski definition) is 2. The maximum atomic E-state index is 6.22. The van der Waals surface area contributed by atoms with Gasteiger partial charge in [-0.3, -0.25) is 4.68 Å². The van der Waals surface area contributed by atoms with E-state index in [9.17, 15) is 0 Å². The van der Waals surface area contributed by atoms with Crippen molar-refractivity contribution in [3.05, 3.63) is 75.5 Å². The third-order valence-corrected chi connectivity index (χ3v) is 4.83. The van der Waals surface area contributed by atoms with E-state index in [1.807, 2.05) is 38.2 Å². The van der Waals surface area contributed by atoms with E-state index in [1.54, 1.807) is 10.9 Å². The summed E-state index contributed by atoms with van der Waals surface area (Å²) in [6.07, 6.45) is 3.57. The summed E-state index contributed by atoms with van der Waals surface area (Å²) >= 11 is 17.8. The molecule has 0 saturated heterocycles. The van der Waals surface area contributed by atoms with E-state index in [-0.39, 0.29) is 0 Å². The van der Waals surface area contributed by atoms with E-state index in [0.717, 1.165) is 22.5 Å². The van der Waals surface area contributed by atoms with E-state index in [4.69, 9.17) is 35.4 Å². The summed E-state index contributed by atoms with van der Waals surface area (Å²) in [6.45, 7) is 4.57. The molecule has 0 aliphatic heterocycles. The first kappa shape index (κ1) is 18.7. The van der Waals surface area contributed by atoms with Crippen molar-refractivity contribution in [1.82, 2.24) is 9.78 Å². The fourth-order valence-electron chi connectivity index (χ4n) is 2.52. The predicted molar refractivity (Wildman–Crippen MR) is 114 cm³/mol. The first-order valence-electron chi connectivity index (χ1n) is 8.03. The van der Waals surface area contributed by atoms with Gasteiger partial charge in [0.1, 0.15) is 0 Å². The Morgan fingerprint density at radius 2 is 1.85 bits per heavy atom. The Kier molecular flexibility index (Phi) is 5.81. The van der Waals surface area contributed by atoms with Crippen LogP contribution in [0.2, 0.25) is 10.0 Å². The van der Waals surface area contributed by atoms with Crippen LogP contribution in [-0.2, 0) is 6.54 Å². The lowest BCUT2D eigenvalue weighted by Crippen LogP contribution is -2.19. The van der Waals surface area contributed by atoms with Gasteiger partial charge in [0, 0.05) is 27.5 Å². The lowest BCUT2D eigenvalue weighted by Gasteiger charge is -2.12. The SMILES string of the molecule is Cc1ccc(C)c(NC(=S)Nc2cnn(Cc3c(Cl)cccc3Cl)c2)c1. The van der Waals surface area contributed by atoms with Crippen LogP contribution < -0.4 is 10.6 Å². The molecule has 7 heteroatoms. The second-order valence-electron chi connectivity index (χ2n) is 6.02. The zero-order chi connectivity index (χ0) is 18.7. The van der Waals surface area contributed by atoms with Crippen LogP contribution in [0.15, 0.2) is 48.8 Å². The van der Waals surface area contributed by atoms with Crippen LogP contribution in [0.4, 0.5) is 11.4 Å². The Labute approximate surface area is 168 Å². The Morgan fingerprint density at radius 3 is 2.58 bits per heavy atom. The molecule has 1 aromatic heterocycles. The molecule has 134 valence electrons. The van der Waals surface area contributed by atoms with Crippen molar-refractivity contribution >= 4 is 51.9 Å². The van der Waals surface area contributed by atoms with Crippen LogP contribution in [0, 0.1) is 13.8 Å². The average molecular weight is 405 g/mol. The van der Waals surface area contributed by atoms with Crippen LogP contribution in [-0.4, -0.2) is 14.9 Å². The molecule has 0 atom stereocenters. The van der Waals surface area contributed by atoms with Crippen LogP contribution in [0.5, 0.6) is 0 Å². The molecule has 0 saturated carbocycles. The number of halogens is 2. The molecule has 26 heavy (non-hydrogen) atoms. The number of nitrogens with one attached hydrogen (secondary N) is 2. The minimum absolute atomic E-state index is 0.483. The van der Waals surface area contributed by atoms with Gasteiger partial charge in [-0.05, 0) is 55.4 Å². The van der Waals surface area contributed by atoms with Crippen molar-refractivity contribution in [2.24, 2.45) is 0 Å². The quantitative estimate of drug-likeness (QED) is 0.550. The maximum absolute atomic E-state index is 6.22. The first-order valence-corrected chi connectivity index (χ1v) is 9.19. The number of benzene rings is 2.